The van der Waals surface area contributed by atoms with E-state index in [1.165, 1.54) is 0 Å². The highest BCUT2D eigenvalue weighted by Gasteiger charge is 2.20. The van der Waals surface area contributed by atoms with Gasteiger partial charge in [-0.15, -0.1) is 0 Å². The Balaban J connectivity index is 2.16. The van der Waals surface area contributed by atoms with E-state index in [0.717, 1.165) is 39.0 Å². The van der Waals surface area contributed by atoms with Gasteiger partial charge in [0.05, 0.1) is 6.61 Å². The first-order chi connectivity index (χ1) is 7.74. The van der Waals surface area contributed by atoms with Crippen molar-refractivity contribution < 1.29 is 13.5 Å². The molecule has 0 amide bonds. The van der Waals surface area contributed by atoms with Crippen LogP contribution in [-0.4, -0.2) is 56.8 Å². The predicted octanol–water partition coefficient (Wildman–Crippen LogP) is 1.34. The van der Waals surface area contributed by atoms with Crippen LogP contribution in [-0.2, 0) is 4.74 Å². The molecule has 0 spiro atoms. The first-order valence-corrected chi connectivity index (χ1v) is 6.04. The molecule has 0 aromatic heterocycles. The summed E-state index contributed by atoms with van der Waals surface area (Å²) in [6.45, 7) is 5.87. The average Bonchev–Trinajstić information content (AvgIpc) is 2.26. The minimum absolute atomic E-state index is 0.407. The van der Waals surface area contributed by atoms with Crippen LogP contribution in [0.1, 0.15) is 19.8 Å². The Morgan fingerprint density at radius 2 is 2.31 bits per heavy atom. The second-order valence-corrected chi connectivity index (χ2v) is 4.15. The molecule has 1 unspecified atom stereocenters. The number of hydrogen-bond acceptors (Lipinski definition) is 3. The topological polar surface area (TPSA) is 24.5 Å². The lowest BCUT2D eigenvalue weighted by Gasteiger charge is -2.36. The Bertz CT molecular complexity index is 179. The second-order valence-electron chi connectivity index (χ2n) is 4.15. The molecule has 1 aliphatic rings. The molecule has 3 nitrogen and oxygen atoms in total. The van der Waals surface area contributed by atoms with Crippen LogP contribution < -0.4 is 5.32 Å². The molecule has 0 aliphatic carbocycles. The van der Waals surface area contributed by atoms with E-state index in [1.54, 1.807) is 0 Å². The van der Waals surface area contributed by atoms with Crippen LogP contribution in [0.15, 0.2) is 0 Å². The van der Waals surface area contributed by atoms with Gasteiger partial charge < -0.3 is 10.1 Å². The normalized spacial score (nSPS) is 22.9. The van der Waals surface area contributed by atoms with Crippen LogP contribution in [0.5, 0.6) is 0 Å². The van der Waals surface area contributed by atoms with Gasteiger partial charge >= 0.3 is 0 Å². The lowest BCUT2D eigenvalue weighted by Crippen LogP contribution is -2.52. The summed E-state index contributed by atoms with van der Waals surface area (Å²) >= 11 is 0. The van der Waals surface area contributed by atoms with Gasteiger partial charge in [0.25, 0.3) is 6.43 Å². The summed E-state index contributed by atoms with van der Waals surface area (Å²) in [6, 6.07) is 0.536. The lowest BCUT2D eigenvalue weighted by atomic mass is 10.1. The zero-order valence-corrected chi connectivity index (χ0v) is 9.92. The molecule has 0 aromatic carbocycles. The van der Waals surface area contributed by atoms with E-state index in [1.807, 2.05) is 0 Å². The Morgan fingerprint density at radius 3 is 3.00 bits per heavy atom. The fourth-order valence-electron chi connectivity index (χ4n) is 2.07. The monoisotopic (exact) mass is 236 g/mol. The molecule has 5 heteroatoms. The highest BCUT2D eigenvalue weighted by Crippen LogP contribution is 2.09. The number of halogens is 2. The molecule has 0 bridgehead atoms. The number of nitrogens with one attached hydrogen (secondary N) is 1. The molecule has 96 valence electrons. The first kappa shape index (κ1) is 13.8. The molecule has 1 saturated heterocycles. The predicted molar refractivity (Wildman–Crippen MR) is 60.0 cm³/mol. The van der Waals surface area contributed by atoms with Crippen LogP contribution >= 0.6 is 0 Å². The Kier molecular flexibility index (Phi) is 6.84. The molecule has 1 heterocycles. The van der Waals surface area contributed by atoms with E-state index in [4.69, 9.17) is 4.74 Å². The van der Waals surface area contributed by atoms with Crippen LogP contribution in [0, 0.1) is 0 Å². The highest BCUT2D eigenvalue weighted by atomic mass is 19.3. The third-order valence-corrected chi connectivity index (χ3v) is 2.86. The van der Waals surface area contributed by atoms with Crippen molar-refractivity contribution in [2.45, 2.75) is 32.2 Å². The van der Waals surface area contributed by atoms with E-state index in [-0.39, 0.29) is 0 Å². The third-order valence-electron chi connectivity index (χ3n) is 2.86. The molecule has 0 saturated carbocycles. The van der Waals surface area contributed by atoms with Crippen molar-refractivity contribution in [1.82, 2.24) is 10.2 Å². The maximum atomic E-state index is 11.8. The lowest BCUT2D eigenvalue weighted by molar-refractivity contribution is 0.00335. The standard InChI is InChI=1S/C11H22F2N2O/c1-2-3-10-8-14-4-5-15(10)6-7-16-9-11(12)13/h10-11,14H,2-9H2,1H3. The zero-order chi connectivity index (χ0) is 11.8. The van der Waals surface area contributed by atoms with Crippen molar-refractivity contribution in [3.8, 4) is 0 Å². The second kappa shape index (κ2) is 7.92. The van der Waals surface area contributed by atoms with E-state index in [2.05, 4.69) is 17.1 Å². The SMILES string of the molecule is CCCC1CNCCN1CCOCC(F)F. The maximum Gasteiger partial charge on any atom is 0.261 e. The molecule has 0 radical (unpaired) electrons. The van der Waals surface area contributed by atoms with Crippen LogP contribution in [0.25, 0.3) is 0 Å². The number of piperazine rings is 1. The summed E-state index contributed by atoms with van der Waals surface area (Å²) in [7, 11) is 0. The van der Waals surface area contributed by atoms with Crippen molar-refractivity contribution >= 4 is 0 Å². The van der Waals surface area contributed by atoms with Gasteiger partial charge in [-0.25, -0.2) is 8.78 Å². The minimum atomic E-state index is -2.35. The van der Waals surface area contributed by atoms with E-state index in [0.29, 0.717) is 12.6 Å². The first-order valence-electron chi connectivity index (χ1n) is 6.04. The third kappa shape index (κ3) is 5.18. The van der Waals surface area contributed by atoms with E-state index >= 15 is 0 Å². The molecule has 1 atom stereocenters. The van der Waals surface area contributed by atoms with Gasteiger partial charge in [-0.05, 0) is 6.42 Å². The van der Waals surface area contributed by atoms with Crippen molar-refractivity contribution in [1.29, 1.82) is 0 Å². The van der Waals surface area contributed by atoms with Gasteiger partial charge in [-0.3, -0.25) is 4.90 Å². The summed E-state index contributed by atoms with van der Waals surface area (Å²) < 4.78 is 28.6. The molecule has 1 aliphatic heterocycles. The Hall–Kier alpha value is -0.260. The summed E-state index contributed by atoms with van der Waals surface area (Å²) in [6.07, 6.45) is -0.0442. The molecular formula is C11H22F2N2O. The minimum Gasteiger partial charge on any atom is -0.374 e. The molecule has 16 heavy (non-hydrogen) atoms. The van der Waals surface area contributed by atoms with Gasteiger partial charge in [-0.2, -0.15) is 0 Å². The van der Waals surface area contributed by atoms with Crippen molar-refractivity contribution in [2.24, 2.45) is 0 Å². The van der Waals surface area contributed by atoms with Crippen molar-refractivity contribution in [2.75, 3.05) is 39.4 Å². The molecular weight excluding hydrogens is 214 g/mol. The zero-order valence-electron chi connectivity index (χ0n) is 9.92. The van der Waals surface area contributed by atoms with Gasteiger partial charge in [0, 0.05) is 32.2 Å². The fraction of sp³-hybridized carbons (Fsp3) is 1.00. The number of nitrogens with zero attached hydrogens (tertiary/aromatic N) is 1. The van der Waals surface area contributed by atoms with Gasteiger partial charge in [-0.1, -0.05) is 13.3 Å². The Morgan fingerprint density at radius 1 is 1.50 bits per heavy atom. The summed E-state index contributed by atoms with van der Waals surface area (Å²) in [5, 5.41) is 3.36. The van der Waals surface area contributed by atoms with E-state index in [9.17, 15) is 8.78 Å². The van der Waals surface area contributed by atoms with Crippen molar-refractivity contribution in [3.05, 3.63) is 0 Å². The van der Waals surface area contributed by atoms with Crippen LogP contribution in [0.2, 0.25) is 0 Å². The summed E-state index contributed by atoms with van der Waals surface area (Å²) in [4.78, 5) is 2.34. The average molecular weight is 236 g/mol. The molecule has 0 aromatic rings. The number of rotatable bonds is 7. The smallest absolute Gasteiger partial charge is 0.261 e. The quantitative estimate of drug-likeness (QED) is 0.675. The van der Waals surface area contributed by atoms with Gasteiger partial charge in [0.2, 0.25) is 0 Å². The molecule has 1 N–H and O–H groups in total. The molecule has 1 rings (SSSR count). The largest absolute Gasteiger partial charge is 0.374 e. The van der Waals surface area contributed by atoms with Crippen LogP contribution in [0.4, 0.5) is 8.78 Å². The maximum absolute atomic E-state index is 11.8. The number of alkyl halides is 2. The van der Waals surface area contributed by atoms with Crippen LogP contribution in [0.3, 0.4) is 0 Å². The van der Waals surface area contributed by atoms with E-state index < -0.39 is 13.0 Å². The summed E-state index contributed by atoms with van der Waals surface area (Å²) in [5.74, 6) is 0. The molecule has 1 fully saturated rings. The van der Waals surface area contributed by atoms with Crippen molar-refractivity contribution in [3.63, 3.8) is 0 Å². The summed E-state index contributed by atoms with van der Waals surface area (Å²) in [5.41, 5.74) is 0. The number of hydrogen-bond donors (Lipinski definition) is 1. The van der Waals surface area contributed by atoms with Gasteiger partial charge in [0.15, 0.2) is 0 Å². The fourth-order valence-corrected chi connectivity index (χ4v) is 2.07. The highest BCUT2D eigenvalue weighted by molar-refractivity contribution is 4.79. The van der Waals surface area contributed by atoms with Gasteiger partial charge in [0.1, 0.15) is 6.61 Å². The Labute approximate surface area is 96.1 Å². The number of ether oxygens (including phenoxy) is 1.